The molecule has 0 amide bonds. The molecular weight excluding hydrogens is 530 g/mol. The van der Waals surface area contributed by atoms with Crippen molar-refractivity contribution >= 4 is 54.8 Å². The molecule has 0 saturated carbocycles. The summed E-state index contributed by atoms with van der Waals surface area (Å²) >= 11 is 6.41. The third-order valence-electron chi connectivity index (χ3n) is 4.64. The fraction of sp³-hybridized carbons (Fsp3) is 0.0909. The van der Waals surface area contributed by atoms with Crippen LogP contribution >= 0.6 is 31.9 Å². The number of phenolic OH excluding ortho intramolecular Hbond substituents is 2. The van der Waals surface area contributed by atoms with Crippen molar-refractivity contribution in [3.63, 3.8) is 0 Å². The van der Waals surface area contributed by atoms with Crippen LogP contribution in [0.2, 0.25) is 0 Å². The molecule has 0 radical (unpaired) electrons. The van der Waals surface area contributed by atoms with Crippen molar-refractivity contribution < 1.29 is 19.7 Å². The van der Waals surface area contributed by atoms with Gasteiger partial charge in [-0.15, -0.1) is 0 Å². The molecule has 0 saturated heterocycles. The van der Waals surface area contributed by atoms with Crippen molar-refractivity contribution in [1.29, 1.82) is 0 Å². The minimum atomic E-state index is -0.0976. The van der Waals surface area contributed by atoms with Gasteiger partial charge in [0.25, 0.3) is 0 Å². The van der Waals surface area contributed by atoms with Gasteiger partial charge in [-0.3, -0.25) is 4.99 Å². The Labute approximate surface area is 194 Å². The molecule has 1 aromatic heterocycles. The molecule has 1 heterocycles. The predicted octanol–water partition coefficient (Wildman–Crippen LogP) is 5.93. The van der Waals surface area contributed by atoms with E-state index < -0.39 is 0 Å². The zero-order valence-corrected chi connectivity index (χ0v) is 19.7. The molecule has 0 aliphatic carbocycles. The topological polar surface area (TPSA) is 100.0 Å². The summed E-state index contributed by atoms with van der Waals surface area (Å²) in [4.78, 5) is 12.4. The second-order valence-corrected chi connectivity index (χ2v) is 8.25. The minimum Gasteiger partial charge on any atom is -0.506 e. The highest BCUT2D eigenvalue weighted by Crippen LogP contribution is 2.40. The van der Waals surface area contributed by atoms with Crippen LogP contribution < -0.4 is 9.47 Å². The maximum atomic E-state index is 10.2. The van der Waals surface area contributed by atoms with E-state index in [9.17, 15) is 10.2 Å². The van der Waals surface area contributed by atoms with Crippen molar-refractivity contribution in [2.24, 2.45) is 4.99 Å². The largest absolute Gasteiger partial charge is 0.506 e. The number of nitrogens with zero attached hydrogens (tertiary/aromatic N) is 2. The molecule has 0 unspecified atom stereocenters. The number of H-pyrrole nitrogens is 1. The number of halogens is 2. The van der Waals surface area contributed by atoms with E-state index in [1.807, 2.05) is 30.3 Å². The number of aromatic hydroxyl groups is 2. The van der Waals surface area contributed by atoms with Crippen LogP contribution in [0.25, 0.3) is 22.4 Å². The number of ether oxygens (including phenoxy) is 2. The molecule has 4 rings (SSSR count). The monoisotopic (exact) mass is 545 g/mol. The maximum Gasteiger partial charge on any atom is 0.147 e. The van der Waals surface area contributed by atoms with Gasteiger partial charge in [-0.25, -0.2) is 4.98 Å². The average molecular weight is 547 g/mol. The number of phenols is 2. The number of fused-ring (bicyclic) bond motifs is 1. The fourth-order valence-corrected chi connectivity index (χ4v) is 4.17. The highest BCUT2D eigenvalue weighted by molar-refractivity contribution is 9.11. The van der Waals surface area contributed by atoms with Crippen molar-refractivity contribution in [2.45, 2.75) is 0 Å². The number of hydrogen-bond donors (Lipinski definition) is 3. The van der Waals surface area contributed by atoms with Crippen LogP contribution in [-0.4, -0.2) is 40.6 Å². The number of aromatic nitrogens is 2. The van der Waals surface area contributed by atoms with E-state index in [4.69, 9.17) is 9.47 Å². The van der Waals surface area contributed by atoms with Gasteiger partial charge in [0.15, 0.2) is 0 Å². The number of hydrogen-bond acceptors (Lipinski definition) is 6. The van der Waals surface area contributed by atoms with Gasteiger partial charge in [-0.05, 0) is 68.3 Å². The smallest absolute Gasteiger partial charge is 0.147 e. The van der Waals surface area contributed by atoms with E-state index >= 15 is 0 Å². The van der Waals surface area contributed by atoms with Crippen LogP contribution in [0.5, 0.6) is 23.0 Å². The predicted molar refractivity (Wildman–Crippen MR) is 127 cm³/mol. The summed E-state index contributed by atoms with van der Waals surface area (Å²) in [5, 5.41) is 20.1. The Morgan fingerprint density at radius 1 is 0.968 bits per heavy atom. The van der Waals surface area contributed by atoms with E-state index in [0.29, 0.717) is 33.0 Å². The molecule has 9 heteroatoms. The molecule has 0 aliphatic heterocycles. The van der Waals surface area contributed by atoms with Gasteiger partial charge in [-0.1, -0.05) is 0 Å². The van der Waals surface area contributed by atoms with Gasteiger partial charge in [0, 0.05) is 23.4 Å². The minimum absolute atomic E-state index is 0.0747. The number of nitrogens with one attached hydrogen (secondary N) is 1. The summed E-state index contributed by atoms with van der Waals surface area (Å²) in [7, 11) is 3.20. The van der Waals surface area contributed by atoms with Gasteiger partial charge >= 0.3 is 0 Å². The average Bonchev–Trinajstić information content (AvgIpc) is 3.22. The van der Waals surface area contributed by atoms with Crippen LogP contribution in [0, 0.1) is 0 Å². The first-order valence-electron chi connectivity index (χ1n) is 9.07. The normalized spacial score (nSPS) is 11.4. The van der Waals surface area contributed by atoms with Crippen molar-refractivity contribution in [3.05, 3.63) is 57.0 Å². The van der Waals surface area contributed by atoms with Gasteiger partial charge in [-0.2, -0.15) is 0 Å². The molecule has 0 aliphatic rings. The van der Waals surface area contributed by atoms with E-state index in [-0.39, 0.29) is 16.0 Å². The summed E-state index contributed by atoms with van der Waals surface area (Å²) in [6, 6.07) is 12.7. The van der Waals surface area contributed by atoms with Gasteiger partial charge in [0.1, 0.15) is 33.3 Å². The van der Waals surface area contributed by atoms with Gasteiger partial charge in [0.2, 0.25) is 0 Å². The Bertz CT molecular complexity index is 1300. The second-order valence-electron chi connectivity index (χ2n) is 6.61. The van der Waals surface area contributed by atoms with Crippen molar-refractivity contribution in [1.82, 2.24) is 9.97 Å². The molecule has 0 spiro atoms. The molecule has 0 atom stereocenters. The molecule has 4 aromatic rings. The zero-order valence-electron chi connectivity index (χ0n) is 16.5. The lowest BCUT2D eigenvalue weighted by Gasteiger charge is -2.06. The van der Waals surface area contributed by atoms with Gasteiger partial charge < -0.3 is 24.7 Å². The van der Waals surface area contributed by atoms with E-state index in [1.165, 1.54) is 6.21 Å². The molecule has 0 bridgehead atoms. The lowest BCUT2D eigenvalue weighted by atomic mass is 10.2. The third kappa shape index (κ3) is 4.24. The molecule has 3 N–H and O–H groups in total. The Balaban J connectivity index is 1.68. The molecule has 3 aromatic carbocycles. The first kappa shape index (κ1) is 21.2. The second kappa shape index (κ2) is 8.60. The number of aliphatic imine (C=N–C) groups is 1. The van der Waals surface area contributed by atoms with E-state index in [2.05, 4.69) is 46.8 Å². The summed E-state index contributed by atoms with van der Waals surface area (Å²) in [5.41, 5.74) is 3.54. The summed E-state index contributed by atoms with van der Waals surface area (Å²) < 4.78 is 11.3. The quantitative estimate of drug-likeness (QED) is 0.269. The summed E-state index contributed by atoms with van der Waals surface area (Å²) in [5.74, 6) is 1.85. The molecular formula is C22H17Br2N3O4. The van der Waals surface area contributed by atoms with Crippen LogP contribution in [0.4, 0.5) is 5.69 Å². The lowest BCUT2D eigenvalue weighted by molar-refractivity contribution is 0.394. The van der Waals surface area contributed by atoms with Crippen LogP contribution in [0.3, 0.4) is 0 Å². The molecule has 31 heavy (non-hydrogen) atoms. The van der Waals surface area contributed by atoms with Crippen molar-refractivity contribution in [3.8, 4) is 34.4 Å². The molecule has 158 valence electrons. The van der Waals surface area contributed by atoms with E-state index in [0.717, 1.165) is 16.6 Å². The first-order valence-corrected chi connectivity index (χ1v) is 10.7. The molecule has 0 fully saturated rings. The third-order valence-corrected chi connectivity index (χ3v) is 6.00. The highest BCUT2D eigenvalue weighted by Gasteiger charge is 2.13. The number of rotatable bonds is 5. The van der Waals surface area contributed by atoms with Crippen molar-refractivity contribution in [2.75, 3.05) is 14.2 Å². The highest BCUT2D eigenvalue weighted by atomic mass is 79.9. The van der Waals surface area contributed by atoms with Gasteiger partial charge in [0.05, 0.1) is 35.4 Å². The Morgan fingerprint density at radius 3 is 2.35 bits per heavy atom. The Hall–Kier alpha value is -3.04. The number of methoxy groups -OCH3 is 2. The Morgan fingerprint density at radius 2 is 1.68 bits per heavy atom. The summed E-state index contributed by atoms with van der Waals surface area (Å²) in [6.07, 6.45) is 1.52. The van der Waals surface area contributed by atoms with Crippen LogP contribution in [0.1, 0.15) is 5.56 Å². The Kier molecular flexibility index (Phi) is 5.88. The number of benzene rings is 3. The SMILES string of the molecule is COc1cc(OC)cc(-c2nc3cc(/N=C/c4cc(Br)c(O)c(Br)c4O)ccc3[nH]2)c1. The number of imidazole rings is 1. The zero-order chi connectivity index (χ0) is 22.1. The van der Waals surface area contributed by atoms with Crippen LogP contribution in [-0.2, 0) is 0 Å². The summed E-state index contributed by atoms with van der Waals surface area (Å²) in [6.45, 7) is 0. The standard InChI is InChI=1S/C22H17Br2N3O4/c1-30-14-5-11(6-15(9-14)31-2)22-26-17-4-3-13(8-18(17)27-22)25-10-12-7-16(23)21(29)19(24)20(12)28/h3-10,28-29H,1-2H3,(H,26,27)/b25-10+. The maximum absolute atomic E-state index is 10.2. The molecule has 7 nitrogen and oxygen atoms in total. The van der Waals surface area contributed by atoms with E-state index in [1.54, 1.807) is 26.4 Å². The van der Waals surface area contributed by atoms with Crippen LogP contribution in [0.15, 0.2) is 56.4 Å². The first-order chi connectivity index (χ1) is 14.9. The number of aromatic amines is 1. The fourth-order valence-electron chi connectivity index (χ4n) is 3.01. The lowest BCUT2D eigenvalue weighted by Crippen LogP contribution is -1.89.